The van der Waals surface area contributed by atoms with Crippen LogP contribution in [-0.4, -0.2) is 46.3 Å². The van der Waals surface area contributed by atoms with E-state index in [1.54, 1.807) is 6.20 Å². The molecule has 0 radical (unpaired) electrons. The van der Waals surface area contributed by atoms with Crippen molar-refractivity contribution in [2.24, 2.45) is 0 Å². The summed E-state index contributed by atoms with van der Waals surface area (Å²) in [5.74, 6) is 1.55. The summed E-state index contributed by atoms with van der Waals surface area (Å²) in [6, 6.07) is 6.07. The van der Waals surface area contributed by atoms with Crippen molar-refractivity contribution in [1.29, 1.82) is 0 Å². The standard InChI is InChI=1S/C18H25N5O/c1-13-9-14(2)20-15(10-13)11-22(3)18-19-7-6-17(21-18)23-8-4-5-16(24)12-23/h6-7,9-10,16,24H,4-5,8,11-12H2,1-3H3. The summed E-state index contributed by atoms with van der Waals surface area (Å²) in [5.41, 5.74) is 3.25. The number of aliphatic hydroxyl groups is 1. The quantitative estimate of drug-likeness (QED) is 0.927. The number of β-amino-alcohol motifs (C(OH)–C–C–N with tert-alkyl or cyclic N) is 1. The Bertz CT molecular complexity index is 685. The zero-order chi connectivity index (χ0) is 17.1. The maximum absolute atomic E-state index is 9.86. The van der Waals surface area contributed by atoms with Gasteiger partial charge in [0.25, 0.3) is 0 Å². The molecular weight excluding hydrogens is 302 g/mol. The van der Waals surface area contributed by atoms with Gasteiger partial charge in [-0.15, -0.1) is 0 Å². The first-order chi connectivity index (χ1) is 11.5. The van der Waals surface area contributed by atoms with E-state index >= 15 is 0 Å². The third-order valence-corrected chi connectivity index (χ3v) is 4.24. The zero-order valence-electron chi connectivity index (χ0n) is 14.6. The van der Waals surface area contributed by atoms with E-state index in [4.69, 9.17) is 0 Å². The van der Waals surface area contributed by atoms with E-state index in [1.165, 1.54) is 5.56 Å². The molecule has 1 unspecified atom stereocenters. The predicted molar refractivity (Wildman–Crippen MR) is 95.3 cm³/mol. The van der Waals surface area contributed by atoms with Gasteiger partial charge in [0, 0.05) is 32.0 Å². The lowest BCUT2D eigenvalue weighted by atomic mass is 10.1. The van der Waals surface area contributed by atoms with Gasteiger partial charge in [0.2, 0.25) is 5.95 Å². The highest BCUT2D eigenvalue weighted by Crippen LogP contribution is 2.20. The van der Waals surface area contributed by atoms with Gasteiger partial charge in [-0.2, -0.15) is 4.98 Å². The van der Waals surface area contributed by atoms with Crippen LogP contribution in [0.15, 0.2) is 24.4 Å². The summed E-state index contributed by atoms with van der Waals surface area (Å²) in [6.07, 6.45) is 3.37. The van der Waals surface area contributed by atoms with Gasteiger partial charge in [0.15, 0.2) is 0 Å². The Morgan fingerprint density at radius 2 is 2.12 bits per heavy atom. The highest BCUT2D eigenvalue weighted by Gasteiger charge is 2.19. The molecule has 1 saturated heterocycles. The highest BCUT2D eigenvalue weighted by atomic mass is 16.3. The summed E-state index contributed by atoms with van der Waals surface area (Å²) >= 11 is 0. The third-order valence-electron chi connectivity index (χ3n) is 4.24. The van der Waals surface area contributed by atoms with Crippen LogP contribution in [0, 0.1) is 13.8 Å². The van der Waals surface area contributed by atoms with Crippen LogP contribution in [0.3, 0.4) is 0 Å². The summed E-state index contributed by atoms with van der Waals surface area (Å²) < 4.78 is 0. The van der Waals surface area contributed by atoms with Gasteiger partial charge in [0.05, 0.1) is 18.3 Å². The average molecular weight is 327 g/mol. The summed E-state index contributed by atoms with van der Waals surface area (Å²) in [7, 11) is 1.98. The van der Waals surface area contributed by atoms with Crippen LogP contribution in [0.4, 0.5) is 11.8 Å². The molecule has 6 nitrogen and oxygen atoms in total. The Hall–Kier alpha value is -2.21. The van der Waals surface area contributed by atoms with E-state index < -0.39 is 0 Å². The first-order valence-corrected chi connectivity index (χ1v) is 8.42. The number of pyridine rings is 1. The molecule has 0 aromatic carbocycles. The molecule has 0 saturated carbocycles. The Balaban J connectivity index is 1.75. The third kappa shape index (κ3) is 4.00. The van der Waals surface area contributed by atoms with Gasteiger partial charge >= 0.3 is 0 Å². The van der Waals surface area contributed by atoms with E-state index in [0.29, 0.717) is 19.0 Å². The SMILES string of the molecule is Cc1cc(C)nc(CN(C)c2nccc(N3CCCC(O)C3)n2)c1. The maximum atomic E-state index is 9.86. The van der Waals surface area contributed by atoms with Crippen molar-refractivity contribution in [1.82, 2.24) is 15.0 Å². The lowest BCUT2D eigenvalue weighted by Gasteiger charge is -2.31. The summed E-state index contributed by atoms with van der Waals surface area (Å²) in [4.78, 5) is 17.8. The Morgan fingerprint density at radius 3 is 2.88 bits per heavy atom. The predicted octanol–water partition coefficient (Wildman–Crippen LogP) is 2.09. The molecule has 3 rings (SSSR count). The molecular formula is C18H25N5O. The first kappa shape index (κ1) is 16.6. The second-order valence-corrected chi connectivity index (χ2v) is 6.59. The molecule has 2 aromatic rings. The lowest BCUT2D eigenvalue weighted by molar-refractivity contribution is 0.154. The maximum Gasteiger partial charge on any atom is 0.227 e. The monoisotopic (exact) mass is 327 g/mol. The highest BCUT2D eigenvalue weighted by molar-refractivity contribution is 5.44. The Labute approximate surface area is 143 Å². The van der Waals surface area contributed by atoms with Crippen molar-refractivity contribution in [3.63, 3.8) is 0 Å². The van der Waals surface area contributed by atoms with Crippen molar-refractivity contribution < 1.29 is 5.11 Å². The van der Waals surface area contributed by atoms with Crippen molar-refractivity contribution in [2.45, 2.75) is 39.3 Å². The molecule has 1 atom stereocenters. The van der Waals surface area contributed by atoms with Gasteiger partial charge in [-0.1, -0.05) is 0 Å². The van der Waals surface area contributed by atoms with Crippen molar-refractivity contribution >= 4 is 11.8 Å². The second-order valence-electron chi connectivity index (χ2n) is 6.59. The molecule has 1 aliphatic heterocycles. The number of nitrogens with zero attached hydrogens (tertiary/aromatic N) is 5. The van der Waals surface area contributed by atoms with Crippen LogP contribution in [0.1, 0.15) is 29.8 Å². The number of rotatable bonds is 4. The molecule has 1 N–H and O–H groups in total. The van der Waals surface area contributed by atoms with Gasteiger partial charge in [-0.05, 0) is 50.5 Å². The smallest absolute Gasteiger partial charge is 0.227 e. The van der Waals surface area contributed by atoms with Crippen molar-refractivity contribution in [2.75, 3.05) is 29.9 Å². The number of hydrogen-bond donors (Lipinski definition) is 1. The second kappa shape index (κ2) is 7.13. The molecule has 0 spiro atoms. The van der Waals surface area contributed by atoms with Crippen molar-refractivity contribution in [3.8, 4) is 0 Å². The van der Waals surface area contributed by atoms with Crippen LogP contribution < -0.4 is 9.80 Å². The minimum absolute atomic E-state index is 0.269. The van der Waals surface area contributed by atoms with Gasteiger partial charge in [-0.25, -0.2) is 4.98 Å². The first-order valence-electron chi connectivity index (χ1n) is 8.42. The van der Waals surface area contributed by atoms with Crippen LogP contribution in [0.2, 0.25) is 0 Å². The Kier molecular flexibility index (Phi) is 4.94. The molecule has 0 aliphatic carbocycles. The van der Waals surface area contributed by atoms with E-state index in [2.05, 4.69) is 38.9 Å². The Morgan fingerprint density at radius 1 is 1.29 bits per heavy atom. The summed E-state index contributed by atoms with van der Waals surface area (Å²) in [6.45, 7) is 6.31. The molecule has 128 valence electrons. The molecule has 2 aromatic heterocycles. The molecule has 0 bridgehead atoms. The van der Waals surface area contributed by atoms with Gasteiger partial charge < -0.3 is 14.9 Å². The number of anilines is 2. The number of aryl methyl sites for hydroxylation is 2. The molecule has 1 fully saturated rings. The summed E-state index contributed by atoms with van der Waals surface area (Å²) in [5, 5.41) is 9.86. The average Bonchev–Trinajstić information content (AvgIpc) is 2.54. The number of aromatic nitrogens is 3. The van der Waals surface area contributed by atoms with Crippen LogP contribution in [-0.2, 0) is 6.54 Å². The van der Waals surface area contributed by atoms with Crippen LogP contribution in [0.5, 0.6) is 0 Å². The zero-order valence-corrected chi connectivity index (χ0v) is 14.6. The number of piperidine rings is 1. The largest absolute Gasteiger partial charge is 0.391 e. The molecule has 24 heavy (non-hydrogen) atoms. The van der Waals surface area contributed by atoms with Gasteiger partial charge in [-0.3, -0.25) is 4.98 Å². The van der Waals surface area contributed by atoms with E-state index in [-0.39, 0.29) is 6.10 Å². The fraction of sp³-hybridized carbons (Fsp3) is 0.500. The number of aliphatic hydroxyl groups excluding tert-OH is 1. The fourth-order valence-electron chi connectivity index (χ4n) is 3.18. The van der Waals surface area contributed by atoms with Crippen molar-refractivity contribution in [3.05, 3.63) is 41.3 Å². The van der Waals surface area contributed by atoms with E-state index in [9.17, 15) is 5.11 Å². The number of hydrogen-bond acceptors (Lipinski definition) is 6. The molecule has 1 aliphatic rings. The topological polar surface area (TPSA) is 65.4 Å². The molecule has 0 amide bonds. The minimum Gasteiger partial charge on any atom is -0.391 e. The normalized spacial score (nSPS) is 17.8. The molecule has 3 heterocycles. The van der Waals surface area contributed by atoms with E-state index in [1.807, 2.05) is 24.9 Å². The molecule has 6 heteroatoms. The lowest BCUT2D eigenvalue weighted by Crippen LogP contribution is -2.38. The van der Waals surface area contributed by atoms with Crippen LogP contribution in [0.25, 0.3) is 0 Å². The van der Waals surface area contributed by atoms with Gasteiger partial charge in [0.1, 0.15) is 5.82 Å². The minimum atomic E-state index is -0.269. The fourth-order valence-corrected chi connectivity index (χ4v) is 3.18. The van der Waals surface area contributed by atoms with E-state index in [0.717, 1.165) is 36.6 Å². The van der Waals surface area contributed by atoms with Crippen LogP contribution >= 0.6 is 0 Å².